The van der Waals surface area contributed by atoms with Gasteiger partial charge in [0.2, 0.25) is 0 Å². The first kappa shape index (κ1) is 17.0. The Morgan fingerprint density at radius 1 is 1.32 bits per heavy atom. The fourth-order valence-electron chi connectivity index (χ4n) is 3.24. The van der Waals surface area contributed by atoms with Crippen LogP contribution in [0.25, 0.3) is 0 Å². The van der Waals surface area contributed by atoms with Crippen molar-refractivity contribution in [3.8, 4) is 0 Å². The molecule has 0 bridgehead atoms. The molecule has 7 heteroatoms. The predicted octanol–water partition coefficient (Wildman–Crippen LogP) is -0.117. The molecule has 7 nitrogen and oxygen atoms in total. The third-order valence-electron chi connectivity index (χ3n) is 5.02. The Morgan fingerprint density at radius 3 is 2.32 bits per heavy atom. The van der Waals surface area contributed by atoms with Crippen LogP contribution in [0, 0.1) is 5.92 Å². The Labute approximate surface area is 132 Å². The van der Waals surface area contributed by atoms with Crippen molar-refractivity contribution >= 4 is 12.0 Å². The first-order valence-corrected chi connectivity index (χ1v) is 8.12. The summed E-state index contributed by atoms with van der Waals surface area (Å²) in [5.74, 6) is -0.175. The molecule has 2 heterocycles. The number of nitrogens with one attached hydrogen (secondary N) is 1. The van der Waals surface area contributed by atoms with E-state index in [9.17, 15) is 14.7 Å². The van der Waals surface area contributed by atoms with Gasteiger partial charge in [-0.15, -0.1) is 0 Å². The maximum atomic E-state index is 12.4. The zero-order valence-electron chi connectivity index (χ0n) is 13.9. The van der Waals surface area contributed by atoms with E-state index in [2.05, 4.69) is 5.32 Å². The molecule has 0 aromatic carbocycles. The number of hydrogen-bond acceptors (Lipinski definition) is 3. The Hall–Kier alpha value is -1.34. The molecular weight excluding hydrogens is 284 g/mol. The van der Waals surface area contributed by atoms with Crippen LogP contribution in [0.4, 0.5) is 4.79 Å². The molecule has 22 heavy (non-hydrogen) atoms. The van der Waals surface area contributed by atoms with Crippen molar-refractivity contribution < 1.29 is 19.2 Å². The molecule has 0 radical (unpaired) electrons. The van der Waals surface area contributed by atoms with E-state index in [0.29, 0.717) is 23.5 Å². The maximum Gasteiger partial charge on any atom is 0.359 e. The molecule has 2 N–H and O–H groups in total. The van der Waals surface area contributed by atoms with Gasteiger partial charge in [0.15, 0.2) is 6.54 Å². The number of quaternary nitrogens is 1. The first-order chi connectivity index (χ1) is 10.3. The van der Waals surface area contributed by atoms with Crippen molar-refractivity contribution in [2.24, 2.45) is 5.92 Å². The van der Waals surface area contributed by atoms with E-state index in [1.807, 2.05) is 25.8 Å². The zero-order valence-corrected chi connectivity index (χ0v) is 13.9. The summed E-state index contributed by atoms with van der Waals surface area (Å²) in [4.78, 5) is 27.2. The molecule has 0 spiro atoms. The van der Waals surface area contributed by atoms with Crippen molar-refractivity contribution in [1.82, 2.24) is 15.1 Å². The lowest BCUT2D eigenvalue weighted by molar-refractivity contribution is -0.928. The average Bonchev–Trinajstić information content (AvgIpc) is 2.41. The second kappa shape index (κ2) is 6.83. The number of aliphatic carboxylic acids is 1. The van der Waals surface area contributed by atoms with E-state index < -0.39 is 5.97 Å². The highest BCUT2D eigenvalue weighted by Gasteiger charge is 2.40. The van der Waals surface area contributed by atoms with Crippen LogP contribution in [-0.2, 0) is 4.79 Å². The summed E-state index contributed by atoms with van der Waals surface area (Å²) in [6, 6.07) is 0.224. The summed E-state index contributed by atoms with van der Waals surface area (Å²) in [5.41, 5.74) is 0. The van der Waals surface area contributed by atoms with Gasteiger partial charge in [0.1, 0.15) is 0 Å². The van der Waals surface area contributed by atoms with Gasteiger partial charge < -0.3 is 24.7 Å². The number of rotatable bonds is 5. The van der Waals surface area contributed by atoms with Gasteiger partial charge in [-0.05, 0) is 13.8 Å². The monoisotopic (exact) mass is 313 g/mol. The van der Waals surface area contributed by atoms with E-state index in [1.54, 1.807) is 4.90 Å². The minimum Gasteiger partial charge on any atom is -0.477 e. The number of carbonyl (C=O) groups is 2. The van der Waals surface area contributed by atoms with Crippen molar-refractivity contribution in [3.63, 3.8) is 0 Å². The predicted molar refractivity (Wildman–Crippen MR) is 83.6 cm³/mol. The van der Waals surface area contributed by atoms with Crippen LogP contribution in [0.5, 0.6) is 0 Å². The normalized spacial score (nSPS) is 21.5. The van der Waals surface area contributed by atoms with Gasteiger partial charge in [-0.25, -0.2) is 9.59 Å². The fraction of sp³-hybridized carbons (Fsp3) is 0.867. The molecule has 2 rings (SSSR count). The quantitative estimate of drug-likeness (QED) is 0.694. The van der Waals surface area contributed by atoms with Crippen molar-refractivity contribution in [3.05, 3.63) is 0 Å². The number of carbonyl (C=O) groups excluding carboxylic acids is 1. The minimum atomic E-state index is -0.744. The van der Waals surface area contributed by atoms with Crippen molar-refractivity contribution in [2.45, 2.75) is 19.9 Å². The van der Waals surface area contributed by atoms with Crippen LogP contribution in [0.2, 0.25) is 0 Å². The van der Waals surface area contributed by atoms with Gasteiger partial charge in [0.25, 0.3) is 0 Å². The number of carboxylic acid groups (broad SMARTS) is 1. The highest BCUT2D eigenvalue weighted by atomic mass is 16.4. The van der Waals surface area contributed by atoms with E-state index in [1.165, 1.54) is 0 Å². The lowest BCUT2D eigenvalue weighted by Crippen LogP contribution is -2.66. The zero-order chi connectivity index (χ0) is 16.3. The Bertz CT molecular complexity index is 415. The maximum absolute atomic E-state index is 12.4. The van der Waals surface area contributed by atoms with Crippen LogP contribution in [0.15, 0.2) is 0 Å². The largest absolute Gasteiger partial charge is 0.477 e. The number of carboxylic acids is 1. The van der Waals surface area contributed by atoms with Gasteiger partial charge >= 0.3 is 12.0 Å². The summed E-state index contributed by atoms with van der Waals surface area (Å²) in [5, 5.41) is 12.5. The smallest absolute Gasteiger partial charge is 0.359 e. The number of urea groups is 1. The van der Waals surface area contributed by atoms with Crippen LogP contribution < -0.4 is 5.32 Å². The number of hydrogen-bond donors (Lipinski definition) is 2. The number of piperazine rings is 1. The molecular formula is C15H29N4O3+. The number of nitrogens with zero attached hydrogens (tertiary/aromatic N) is 3. The summed E-state index contributed by atoms with van der Waals surface area (Å²) in [6.45, 7) is 9.79. The molecule has 2 aliphatic rings. The lowest BCUT2D eigenvalue weighted by atomic mass is 10.0. The molecule has 0 saturated carbocycles. The highest BCUT2D eigenvalue weighted by molar-refractivity contribution is 5.74. The molecule has 126 valence electrons. The fourth-order valence-corrected chi connectivity index (χ4v) is 3.24. The standard InChI is InChI=1S/C15H28N4O3/c1-12(2)17(3)15(22)18-4-6-19(7-5-18,11-14(20)21)10-13-8-16-9-13/h12-13,16H,4-11H2,1-3H3/p+1. The topological polar surface area (TPSA) is 72.9 Å². The van der Waals surface area contributed by atoms with Gasteiger partial charge in [-0.2, -0.15) is 0 Å². The minimum absolute atomic E-state index is 0.0495. The summed E-state index contributed by atoms with van der Waals surface area (Å²) in [7, 11) is 1.82. The Morgan fingerprint density at radius 2 is 1.91 bits per heavy atom. The van der Waals surface area contributed by atoms with Gasteiger partial charge in [0, 0.05) is 32.1 Å². The van der Waals surface area contributed by atoms with Gasteiger partial charge in [0.05, 0.1) is 32.7 Å². The van der Waals surface area contributed by atoms with Crippen LogP contribution in [0.1, 0.15) is 13.8 Å². The Balaban J connectivity index is 1.96. The van der Waals surface area contributed by atoms with E-state index in [0.717, 1.165) is 32.7 Å². The third-order valence-corrected chi connectivity index (χ3v) is 5.02. The molecule has 0 atom stereocenters. The molecule has 0 aliphatic carbocycles. The second-order valence-electron chi connectivity index (χ2n) is 7.02. The van der Waals surface area contributed by atoms with Crippen LogP contribution >= 0.6 is 0 Å². The molecule has 2 amide bonds. The summed E-state index contributed by atoms with van der Waals surface area (Å²) < 4.78 is 0.608. The van der Waals surface area contributed by atoms with Crippen LogP contribution in [0.3, 0.4) is 0 Å². The van der Waals surface area contributed by atoms with E-state index in [-0.39, 0.29) is 18.6 Å². The Kier molecular flexibility index (Phi) is 5.28. The van der Waals surface area contributed by atoms with Gasteiger partial charge in [-0.1, -0.05) is 0 Å². The SMILES string of the molecule is CC(C)N(C)C(=O)N1CC[N+](CC(=O)O)(CC2CNC2)CC1. The third kappa shape index (κ3) is 3.89. The molecule has 0 unspecified atom stereocenters. The number of amides is 2. The second-order valence-corrected chi connectivity index (χ2v) is 7.02. The van der Waals surface area contributed by atoms with Crippen molar-refractivity contribution in [2.75, 3.05) is 59.4 Å². The molecule has 2 fully saturated rings. The molecule has 0 aromatic rings. The lowest BCUT2D eigenvalue weighted by Gasteiger charge is -2.47. The van der Waals surface area contributed by atoms with Crippen molar-refractivity contribution in [1.29, 1.82) is 0 Å². The van der Waals surface area contributed by atoms with E-state index >= 15 is 0 Å². The summed E-state index contributed by atoms with van der Waals surface area (Å²) >= 11 is 0. The average molecular weight is 313 g/mol. The van der Waals surface area contributed by atoms with E-state index in [4.69, 9.17) is 0 Å². The summed E-state index contributed by atoms with van der Waals surface area (Å²) in [6.07, 6.45) is 0. The first-order valence-electron chi connectivity index (χ1n) is 8.12. The van der Waals surface area contributed by atoms with Crippen LogP contribution in [-0.4, -0.2) is 96.8 Å². The molecule has 2 saturated heterocycles. The van der Waals surface area contributed by atoms with Gasteiger partial charge in [-0.3, -0.25) is 0 Å². The molecule has 2 aliphatic heterocycles. The highest BCUT2D eigenvalue weighted by Crippen LogP contribution is 2.19. The molecule has 0 aromatic heterocycles.